The van der Waals surface area contributed by atoms with Crippen LogP contribution < -0.4 is 5.32 Å². The van der Waals surface area contributed by atoms with Gasteiger partial charge in [-0.3, -0.25) is 9.48 Å². The zero-order valence-corrected chi connectivity index (χ0v) is 18.1. The quantitative estimate of drug-likeness (QED) is 0.501. The van der Waals surface area contributed by atoms with Crippen molar-refractivity contribution in [1.29, 1.82) is 0 Å². The van der Waals surface area contributed by atoms with Crippen LogP contribution in [0, 0.1) is 0 Å². The molecule has 0 aromatic carbocycles. The summed E-state index contributed by atoms with van der Waals surface area (Å²) >= 11 is 1.39. The molecule has 30 heavy (non-hydrogen) atoms. The molecule has 0 spiro atoms. The number of esters is 2. The van der Waals surface area contributed by atoms with Crippen molar-refractivity contribution in [3.05, 3.63) is 33.5 Å². The van der Waals surface area contributed by atoms with Crippen LogP contribution in [0.4, 0.5) is 5.00 Å². The number of carbonyl (C=O) groups is 3. The highest BCUT2D eigenvalue weighted by atomic mass is 32.1. The number of hydrogen-bond donors (Lipinski definition) is 1. The Morgan fingerprint density at radius 1 is 1.17 bits per heavy atom. The van der Waals surface area contributed by atoms with Crippen LogP contribution in [0.2, 0.25) is 0 Å². The third-order valence-electron chi connectivity index (χ3n) is 4.72. The molecule has 1 amide bonds. The number of amides is 1. The zero-order valence-electron chi connectivity index (χ0n) is 17.3. The average Bonchev–Trinajstić information content (AvgIpc) is 3.28. The molecule has 0 saturated carbocycles. The van der Waals surface area contributed by atoms with E-state index in [1.54, 1.807) is 14.0 Å². The van der Waals surface area contributed by atoms with Gasteiger partial charge in [0.25, 0.3) is 5.91 Å². The number of methoxy groups -OCH3 is 1. The first kappa shape index (κ1) is 22.0. The van der Waals surface area contributed by atoms with Gasteiger partial charge in [-0.25, -0.2) is 9.59 Å². The molecule has 2 aromatic rings. The van der Waals surface area contributed by atoms with E-state index in [4.69, 9.17) is 14.2 Å². The van der Waals surface area contributed by atoms with Crippen LogP contribution in [0.3, 0.4) is 0 Å². The molecule has 1 aliphatic carbocycles. The van der Waals surface area contributed by atoms with Crippen molar-refractivity contribution in [2.75, 3.05) is 32.2 Å². The van der Waals surface area contributed by atoms with Crippen LogP contribution >= 0.6 is 11.3 Å². The number of aryl methyl sites for hydroxylation is 2. The third-order valence-corrected chi connectivity index (χ3v) is 5.93. The first-order valence-electron chi connectivity index (χ1n) is 9.79. The van der Waals surface area contributed by atoms with Gasteiger partial charge in [-0.2, -0.15) is 5.10 Å². The summed E-state index contributed by atoms with van der Waals surface area (Å²) in [5, 5.41) is 7.31. The minimum Gasteiger partial charge on any atom is -0.461 e. The van der Waals surface area contributed by atoms with Crippen LogP contribution in [-0.2, 0) is 34.1 Å². The number of nitrogens with one attached hydrogen (secondary N) is 1. The second-order valence-electron chi connectivity index (χ2n) is 6.76. The minimum atomic E-state index is -0.596. The highest BCUT2D eigenvalue weighted by Crippen LogP contribution is 2.38. The van der Waals surface area contributed by atoms with Crippen LogP contribution in [0.5, 0.6) is 0 Å². The Labute approximate surface area is 178 Å². The summed E-state index contributed by atoms with van der Waals surface area (Å²) in [6, 6.07) is 1.37. The average molecular weight is 436 g/mol. The van der Waals surface area contributed by atoms with E-state index in [-0.39, 0.29) is 24.6 Å². The number of nitrogens with zero attached hydrogens (tertiary/aromatic N) is 2. The molecule has 1 aliphatic rings. The fraction of sp³-hybridized carbons (Fsp3) is 0.500. The largest absolute Gasteiger partial charge is 0.461 e. The lowest BCUT2D eigenvalue weighted by molar-refractivity contribution is 0.0388. The van der Waals surface area contributed by atoms with Crippen LogP contribution in [0.1, 0.15) is 61.5 Å². The lowest BCUT2D eigenvalue weighted by atomic mass is 9.95. The Morgan fingerprint density at radius 2 is 1.93 bits per heavy atom. The Bertz CT molecular complexity index is 949. The van der Waals surface area contributed by atoms with Crippen LogP contribution in [-0.4, -0.2) is 54.6 Å². The number of fused-ring (bicyclic) bond motifs is 1. The smallest absolute Gasteiger partial charge is 0.358 e. The number of anilines is 1. The first-order valence-corrected chi connectivity index (χ1v) is 10.6. The van der Waals surface area contributed by atoms with Gasteiger partial charge in [0.05, 0.1) is 18.8 Å². The van der Waals surface area contributed by atoms with Gasteiger partial charge in [0, 0.05) is 25.1 Å². The van der Waals surface area contributed by atoms with Crippen molar-refractivity contribution in [1.82, 2.24) is 9.78 Å². The highest BCUT2D eigenvalue weighted by molar-refractivity contribution is 7.17. The van der Waals surface area contributed by atoms with Crippen molar-refractivity contribution >= 4 is 34.2 Å². The summed E-state index contributed by atoms with van der Waals surface area (Å²) in [5.41, 5.74) is 1.59. The van der Waals surface area contributed by atoms with E-state index < -0.39 is 17.8 Å². The van der Waals surface area contributed by atoms with E-state index in [1.165, 1.54) is 29.2 Å². The number of hydrogen-bond acceptors (Lipinski definition) is 8. The first-order chi connectivity index (χ1) is 14.5. The van der Waals surface area contributed by atoms with E-state index in [9.17, 15) is 14.4 Å². The topological polar surface area (TPSA) is 109 Å². The van der Waals surface area contributed by atoms with Gasteiger partial charge in [-0.15, -0.1) is 11.3 Å². The molecule has 3 rings (SSSR count). The van der Waals surface area contributed by atoms with Gasteiger partial charge < -0.3 is 19.5 Å². The molecule has 0 aliphatic heterocycles. The summed E-state index contributed by atoms with van der Waals surface area (Å²) in [5.74, 6) is -1.54. The highest BCUT2D eigenvalue weighted by Gasteiger charge is 2.28. The van der Waals surface area contributed by atoms with E-state index in [0.717, 1.165) is 36.1 Å². The predicted molar refractivity (Wildman–Crippen MR) is 110 cm³/mol. The predicted octanol–water partition coefficient (Wildman–Crippen LogP) is 2.59. The van der Waals surface area contributed by atoms with Crippen molar-refractivity contribution in [3.8, 4) is 0 Å². The van der Waals surface area contributed by atoms with Gasteiger partial charge in [0.15, 0.2) is 5.69 Å². The SMILES string of the molecule is CCOC(=O)c1cc(C(=O)Nc2sc3c(c2C(=O)OCCOC)CCCC3)n(C)n1. The fourth-order valence-corrected chi connectivity index (χ4v) is 4.58. The molecule has 1 N–H and O–H groups in total. The van der Waals surface area contributed by atoms with Gasteiger partial charge in [0.1, 0.15) is 17.3 Å². The molecule has 0 bridgehead atoms. The molecule has 2 aromatic heterocycles. The molecule has 0 unspecified atom stereocenters. The second kappa shape index (κ2) is 9.86. The summed E-state index contributed by atoms with van der Waals surface area (Å²) in [4.78, 5) is 38.6. The summed E-state index contributed by atoms with van der Waals surface area (Å²) in [6.07, 6.45) is 3.67. The van der Waals surface area contributed by atoms with Gasteiger partial charge in [-0.05, 0) is 38.2 Å². The lowest BCUT2D eigenvalue weighted by Gasteiger charge is -2.12. The molecule has 162 valence electrons. The Morgan fingerprint density at radius 3 is 2.67 bits per heavy atom. The summed E-state index contributed by atoms with van der Waals surface area (Å²) in [6.45, 7) is 2.34. The number of aromatic nitrogens is 2. The van der Waals surface area contributed by atoms with Crippen LogP contribution in [0.15, 0.2) is 6.07 Å². The number of carbonyl (C=O) groups excluding carboxylic acids is 3. The molecule has 10 heteroatoms. The maximum absolute atomic E-state index is 12.9. The summed E-state index contributed by atoms with van der Waals surface area (Å²) in [7, 11) is 3.10. The van der Waals surface area contributed by atoms with E-state index >= 15 is 0 Å². The van der Waals surface area contributed by atoms with Gasteiger partial charge in [0.2, 0.25) is 0 Å². The van der Waals surface area contributed by atoms with Gasteiger partial charge >= 0.3 is 11.9 Å². The molecule has 9 nitrogen and oxygen atoms in total. The Kier molecular flexibility index (Phi) is 7.22. The second-order valence-corrected chi connectivity index (χ2v) is 7.86. The normalized spacial score (nSPS) is 12.9. The minimum absolute atomic E-state index is 0.0502. The van der Waals surface area contributed by atoms with Crippen molar-refractivity contribution in [2.24, 2.45) is 7.05 Å². The lowest BCUT2D eigenvalue weighted by Crippen LogP contribution is -2.18. The monoisotopic (exact) mass is 435 g/mol. The Balaban J connectivity index is 1.85. The fourth-order valence-electron chi connectivity index (χ4n) is 3.31. The standard InChI is InChI=1S/C20H25N3O6S/c1-4-28-19(25)13-11-14(23(2)22-13)17(24)21-18-16(20(26)29-10-9-27-3)12-7-5-6-8-15(12)30-18/h11H,4-10H2,1-3H3,(H,21,24). The Hall–Kier alpha value is -2.72. The van der Waals surface area contributed by atoms with Crippen LogP contribution in [0.25, 0.3) is 0 Å². The van der Waals surface area contributed by atoms with Crippen molar-refractivity contribution in [2.45, 2.75) is 32.6 Å². The van der Waals surface area contributed by atoms with E-state index in [1.807, 2.05) is 0 Å². The summed E-state index contributed by atoms with van der Waals surface area (Å²) < 4.78 is 16.5. The van der Waals surface area contributed by atoms with E-state index in [2.05, 4.69) is 10.4 Å². The molecule has 0 atom stereocenters. The maximum Gasteiger partial charge on any atom is 0.358 e. The number of ether oxygens (including phenoxy) is 3. The molecule has 0 fully saturated rings. The molecular weight excluding hydrogens is 410 g/mol. The molecule has 0 radical (unpaired) electrons. The third kappa shape index (κ3) is 4.71. The molecular formula is C20H25N3O6S. The number of rotatable bonds is 8. The number of thiophene rings is 1. The van der Waals surface area contributed by atoms with Crippen molar-refractivity contribution < 1.29 is 28.6 Å². The molecule has 0 saturated heterocycles. The molecule has 2 heterocycles. The van der Waals surface area contributed by atoms with Crippen molar-refractivity contribution in [3.63, 3.8) is 0 Å². The van der Waals surface area contributed by atoms with E-state index in [0.29, 0.717) is 17.2 Å². The zero-order chi connectivity index (χ0) is 21.7. The van der Waals surface area contributed by atoms with Gasteiger partial charge in [-0.1, -0.05) is 0 Å². The maximum atomic E-state index is 12.9.